The van der Waals surface area contributed by atoms with Crippen molar-refractivity contribution >= 4 is 18.1 Å². The van der Waals surface area contributed by atoms with Gasteiger partial charge in [0.15, 0.2) is 0 Å². The van der Waals surface area contributed by atoms with E-state index in [1.165, 1.54) is 12.3 Å². The van der Waals surface area contributed by atoms with Crippen LogP contribution in [0.15, 0.2) is 24.4 Å². The van der Waals surface area contributed by atoms with Crippen LogP contribution in [0.25, 0.3) is 6.08 Å². The maximum absolute atomic E-state index is 11.3. The summed E-state index contributed by atoms with van der Waals surface area (Å²) in [6.45, 7) is 5.67. The molecule has 0 atom stereocenters. The van der Waals surface area contributed by atoms with Crippen LogP contribution in [0.3, 0.4) is 0 Å². The molecule has 6 nitrogen and oxygen atoms in total. The number of carbonyl (C=O) groups is 2. The molecule has 1 heterocycles. The second-order valence-electron chi connectivity index (χ2n) is 5.06. The predicted molar refractivity (Wildman–Crippen MR) is 74.5 cm³/mol. The van der Waals surface area contributed by atoms with Gasteiger partial charge in [0.05, 0.1) is 11.3 Å². The number of carboxylic acids is 1. The van der Waals surface area contributed by atoms with E-state index in [2.05, 4.69) is 10.3 Å². The van der Waals surface area contributed by atoms with Gasteiger partial charge in [0.1, 0.15) is 5.60 Å². The minimum atomic E-state index is -1.01. The van der Waals surface area contributed by atoms with Crippen LogP contribution in [0.2, 0.25) is 0 Å². The van der Waals surface area contributed by atoms with Gasteiger partial charge in [-0.1, -0.05) is 6.08 Å². The van der Waals surface area contributed by atoms with Crippen LogP contribution >= 0.6 is 0 Å². The van der Waals surface area contributed by atoms with Gasteiger partial charge < -0.3 is 15.2 Å². The number of hydrogen-bond donors (Lipinski definition) is 2. The number of carboxylic acid groups (broad SMARTS) is 1. The van der Waals surface area contributed by atoms with Crippen LogP contribution in [0, 0.1) is 0 Å². The van der Waals surface area contributed by atoms with E-state index in [0.29, 0.717) is 12.2 Å². The van der Waals surface area contributed by atoms with Crippen LogP contribution in [0.5, 0.6) is 0 Å². The molecule has 108 valence electrons. The number of ether oxygens (including phenoxy) is 1. The molecule has 0 bridgehead atoms. The summed E-state index contributed by atoms with van der Waals surface area (Å²) in [5, 5.41) is 11.3. The van der Waals surface area contributed by atoms with Gasteiger partial charge in [-0.05, 0) is 39.0 Å². The topological polar surface area (TPSA) is 88.5 Å². The van der Waals surface area contributed by atoms with Crippen molar-refractivity contribution in [3.8, 4) is 0 Å². The van der Waals surface area contributed by atoms with Gasteiger partial charge in [-0.15, -0.1) is 0 Å². The molecular weight excluding hydrogens is 260 g/mol. The molecule has 20 heavy (non-hydrogen) atoms. The molecule has 0 saturated heterocycles. The van der Waals surface area contributed by atoms with E-state index in [1.54, 1.807) is 39.0 Å². The Kier molecular flexibility index (Phi) is 5.25. The standard InChI is InChI=1S/C14H18N2O4/c1-14(2,3)20-13(19)15-8-4-5-11-7-6-10(9-16-11)12(17)18/h4-7,9H,8H2,1-3H3,(H,15,19)(H,17,18). The molecule has 1 aromatic heterocycles. The van der Waals surface area contributed by atoms with Gasteiger partial charge in [0.2, 0.25) is 0 Å². The molecule has 0 fully saturated rings. The highest BCUT2D eigenvalue weighted by Crippen LogP contribution is 2.06. The van der Waals surface area contributed by atoms with E-state index in [9.17, 15) is 9.59 Å². The lowest BCUT2D eigenvalue weighted by molar-refractivity contribution is 0.0533. The zero-order valence-electron chi connectivity index (χ0n) is 11.7. The van der Waals surface area contributed by atoms with Crippen molar-refractivity contribution in [2.75, 3.05) is 6.54 Å². The number of hydrogen-bond acceptors (Lipinski definition) is 4. The maximum Gasteiger partial charge on any atom is 0.407 e. The Bertz CT molecular complexity index is 501. The Hall–Kier alpha value is -2.37. The van der Waals surface area contributed by atoms with Crippen LogP contribution in [0.1, 0.15) is 36.8 Å². The van der Waals surface area contributed by atoms with Crippen LogP contribution in [-0.4, -0.2) is 34.3 Å². The number of amides is 1. The highest BCUT2D eigenvalue weighted by atomic mass is 16.6. The summed E-state index contributed by atoms with van der Waals surface area (Å²) in [5.74, 6) is -1.01. The molecule has 1 rings (SSSR count). The van der Waals surface area contributed by atoms with E-state index in [0.717, 1.165) is 0 Å². The smallest absolute Gasteiger partial charge is 0.407 e. The number of rotatable bonds is 4. The number of nitrogens with zero attached hydrogens (tertiary/aromatic N) is 1. The number of carbonyl (C=O) groups excluding carboxylic acids is 1. The van der Waals surface area contributed by atoms with Crippen molar-refractivity contribution in [1.29, 1.82) is 0 Å². The molecule has 6 heteroatoms. The van der Waals surface area contributed by atoms with E-state index in [4.69, 9.17) is 9.84 Å². The Labute approximate surface area is 117 Å². The second-order valence-corrected chi connectivity index (χ2v) is 5.06. The fourth-order valence-electron chi connectivity index (χ4n) is 1.27. The first-order valence-electron chi connectivity index (χ1n) is 6.11. The molecule has 0 saturated carbocycles. The minimum absolute atomic E-state index is 0.133. The summed E-state index contributed by atoms with van der Waals surface area (Å²) in [6.07, 6.45) is 4.18. The first-order chi connectivity index (χ1) is 9.28. The first-order valence-corrected chi connectivity index (χ1v) is 6.11. The summed E-state index contributed by atoms with van der Waals surface area (Å²) in [7, 11) is 0. The summed E-state index contributed by atoms with van der Waals surface area (Å²) < 4.78 is 5.07. The van der Waals surface area contributed by atoms with Gasteiger partial charge >= 0.3 is 12.1 Å². The minimum Gasteiger partial charge on any atom is -0.478 e. The zero-order valence-corrected chi connectivity index (χ0v) is 11.7. The average Bonchev–Trinajstić information content (AvgIpc) is 2.33. The maximum atomic E-state index is 11.3. The zero-order chi connectivity index (χ0) is 15.2. The van der Waals surface area contributed by atoms with Crippen molar-refractivity contribution in [3.05, 3.63) is 35.7 Å². The quantitative estimate of drug-likeness (QED) is 0.882. The van der Waals surface area contributed by atoms with E-state index in [1.807, 2.05) is 0 Å². The number of aromatic carboxylic acids is 1. The van der Waals surface area contributed by atoms with Crippen molar-refractivity contribution in [2.24, 2.45) is 0 Å². The van der Waals surface area contributed by atoms with E-state index >= 15 is 0 Å². The molecule has 0 unspecified atom stereocenters. The van der Waals surface area contributed by atoms with Crippen molar-refractivity contribution < 1.29 is 19.4 Å². The summed E-state index contributed by atoms with van der Waals surface area (Å²) in [4.78, 5) is 25.9. The van der Waals surface area contributed by atoms with E-state index < -0.39 is 17.7 Å². The lowest BCUT2D eigenvalue weighted by Crippen LogP contribution is -2.32. The Morgan fingerprint density at radius 1 is 1.40 bits per heavy atom. The second kappa shape index (κ2) is 6.70. The molecule has 0 aliphatic heterocycles. The predicted octanol–water partition coefficient (Wildman–Crippen LogP) is 2.32. The summed E-state index contributed by atoms with van der Waals surface area (Å²) in [5.41, 5.74) is 0.220. The monoisotopic (exact) mass is 278 g/mol. The largest absolute Gasteiger partial charge is 0.478 e. The first kappa shape index (κ1) is 15.7. The fourth-order valence-corrected chi connectivity index (χ4v) is 1.27. The van der Waals surface area contributed by atoms with Crippen molar-refractivity contribution in [3.63, 3.8) is 0 Å². The number of nitrogens with one attached hydrogen (secondary N) is 1. The molecular formula is C14H18N2O4. The average molecular weight is 278 g/mol. The fraction of sp³-hybridized carbons (Fsp3) is 0.357. The van der Waals surface area contributed by atoms with Gasteiger partial charge in [-0.2, -0.15) is 0 Å². The summed E-state index contributed by atoms with van der Waals surface area (Å²) >= 11 is 0. The molecule has 0 aromatic carbocycles. The van der Waals surface area contributed by atoms with Crippen molar-refractivity contribution in [1.82, 2.24) is 10.3 Å². The van der Waals surface area contributed by atoms with Crippen LogP contribution in [0.4, 0.5) is 4.79 Å². The lowest BCUT2D eigenvalue weighted by Gasteiger charge is -2.19. The van der Waals surface area contributed by atoms with Crippen LogP contribution < -0.4 is 5.32 Å². The summed E-state index contributed by atoms with van der Waals surface area (Å²) in [6, 6.07) is 3.06. The molecule has 1 amide bonds. The Morgan fingerprint density at radius 3 is 2.60 bits per heavy atom. The van der Waals surface area contributed by atoms with Gasteiger partial charge in [0.25, 0.3) is 0 Å². The van der Waals surface area contributed by atoms with Crippen LogP contribution in [-0.2, 0) is 4.74 Å². The molecule has 0 spiro atoms. The number of pyridine rings is 1. The van der Waals surface area contributed by atoms with Gasteiger partial charge in [0, 0.05) is 12.7 Å². The lowest BCUT2D eigenvalue weighted by atomic mass is 10.2. The molecule has 0 aliphatic carbocycles. The van der Waals surface area contributed by atoms with Gasteiger partial charge in [-0.25, -0.2) is 9.59 Å². The SMILES string of the molecule is CC(C)(C)OC(=O)NCC=Cc1ccc(C(=O)O)cn1. The third kappa shape index (κ3) is 5.99. The van der Waals surface area contributed by atoms with Gasteiger partial charge in [-0.3, -0.25) is 4.98 Å². The normalized spacial score (nSPS) is 11.3. The third-order valence-electron chi connectivity index (χ3n) is 2.09. The Balaban J connectivity index is 2.42. The third-order valence-corrected chi connectivity index (χ3v) is 2.09. The molecule has 0 radical (unpaired) electrons. The molecule has 1 aromatic rings. The van der Waals surface area contributed by atoms with E-state index in [-0.39, 0.29) is 5.56 Å². The number of alkyl carbamates (subject to hydrolysis) is 1. The molecule has 0 aliphatic rings. The number of aromatic nitrogens is 1. The van der Waals surface area contributed by atoms with Crippen molar-refractivity contribution in [2.45, 2.75) is 26.4 Å². The Morgan fingerprint density at radius 2 is 2.10 bits per heavy atom. The highest BCUT2D eigenvalue weighted by molar-refractivity contribution is 5.87. The molecule has 2 N–H and O–H groups in total. The highest BCUT2D eigenvalue weighted by Gasteiger charge is 2.14.